The molecule has 1 aromatic carbocycles. The highest BCUT2D eigenvalue weighted by molar-refractivity contribution is 6.32. The summed E-state index contributed by atoms with van der Waals surface area (Å²) in [6.07, 6.45) is 6.60. The van der Waals surface area contributed by atoms with Gasteiger partial charge >= 0.3 is 0 Å². The molecule has 0 radical (unpaired) electrons. The molecule has 4 rings (SSSR count). The SMILES string of the molecule is Clc1cnc(Nc2ccc(OCCN3CCCC3)cc2)nc1NCC1CCCO1. The van der Waals surface area contributed by atoms with Crippen LogP contribution in [-0.4, -0.2) is 60.4 Å². The number of halogens is 1. The average Bonchev–Trinajstić information content (AvgIpc) is 3.44. The van der Waals surface area contributed by atoms with E-state index in [0.29, 0.717) is 29.9 Å². The second kappa shape index (κ2) is 10.1. The van der Waals surface area contributed by atoms with Crippen LogP contribution in [0.3, 0.4) is 0 Å². The minimum Gasteiger partial charge on any atom is -0.492 e. The fourth-order valence-corrected chi connectivity index (χ4v) is 3.79. The Balaban J connectivity index is 1.28. The summed E-state index contributed by atoms with van der Waals surface area (Å²) >= 11 is 6.22. The Kier molecular flexibility index (Phi) is 7.03. The zero-order valence-corrected chi connectivity index (χ0v) is 17.3. The van der Waals surface area contributed by atoms with Gasteiger partial charge in [0.25, 0.3) is 0 Å². The molecule has 0 spiro atoms. The lowest BCUT2D eigenvalue weighted by molar-refractivity contribution is 0.120. The van der Waals surface area contributed by atoms with Crippen molar-refractivity contribution in [1.29, 1.82) is 0 Å². The third kappa shape index (κ3) is 5.95. The van der Waals surface area contributed by atoms with Crippen molar-refractivity contribution in [3.63, 3.8) is 0 Å². The highest BCUT2D eigenvalue weighted by atomic mass is 35.5. The first kappa shape index (κ1) is 20.2. The Morgan fingerprint density at radius 3 is 2.76 bits per heavy atom. The molecule has 0 bridgehead atoms. The molecule has 0 amide bonds. The Morgan fingerprint density at radius 2 is 2.00 bits per heavy atom. The minimum absolute atomic E-state index is 0.218. The van der Waals surface area contributed by atoms with E-state index in [1.165, 1.54) is 25.9 Å². The molecule has 1 unspecified atom stereocenters. The number of benzene rings is 1. The Bertz CT molecular complexity index is 777. The van der Waals surface area contributed by atoms with E-state index in [1.54, 1.807) is 6.20 Å². The summed E-state index contributed by atoms with van der Waals surface area (Å²) in [6, 6.07) is 7.84. The van der Waals surface area contributed by atoms with Crippen LogP contribution in [0.25, 0.3) is 0 Å². The molecule has 7 nitrogen and oxygen atoms in total. The molecule has 3 heterocycles. The van der Waals surface area contributed by atoms with E-state index in [1.807, 2.05) is 24.3 Å². The lowest BCUT2D eigenvalue weighted by atomic mass is 10.2. The molecule has 1 atom stereocenters. The van der Waals surface area contributed by atoms with Gasteiger partial charge in [-0.2, -0.15) is 4.98 Å². The molecular weight excluding hydrogens is 390 g/mol. The maximum absolute atomic E-state index is 6.22. The summed E-state index contributed by atoms with van der Waals surface area (Å²) in [5, 5.41) is 6.97. The molecule has 8 heteroatoms. The standard InChI is InChI=1S/C21H28ClN5O2/c22-19-15-24-21(26-20(19)23-14-18-4-3-12-28-18)25-16-5-7-17(8-6-16)29-13-11-27-9-1-2-10-27/h5-8,15,18H,1-4,9-14H2,(H2,23,24,25,26). The Morgan fingerprint density at radius 1 is 1.17 bits per heavy atom. The highest BCUT2D eigenvalue weighted by Gasteiger charge is 2.16. The van der Waals surface area contributed by atoms with Gasteiger partial charge in [-0.3, -0.25) is 4.90 Å². The molecule has 1 aromatic heterocycles. The number of nitrogens with zero attached hydrogens (tertiary/aromatic N) is 3. The number of nitrogens with one attached hydrogen (secondary N) is 2. The van der Waals surface area contributed by atoms with Crippen LogP contribution in [0.15, 0.2) is 30.5 Å². The molecule has 2 fully saturated rings. The lowest BCUT2D eigenvalue weighted by Gasteiger charge is -2.15. The second-order valence-electron chi connectivity index (χ2n) is 7.45. The fourth-order valence-electron chi connectivity index (χ4n) is 3.63. The van der Waals surface area contributed by atoms with Gasteiger partial charge in [-0.1, -0.05) is 11.6 Å². The van der Waals surface area contributed by atoms with Crippen LogP contribution in [0.5, 0.6) is 5.75 Å². The van der Waals surface area contributed by atoms with Gasteiger partial charge in [-0.05, 0) is 63.0 Å². The van der Waals surface area contributed by atoms with Gasteiger partial charge in [0.1, 0.15) is 17.4 Å². The molecule has 2 aliphatic rings. The van der Waals surface area contributed by atoms with Crippen LogP contribution in [0.1, 0.15) is 25.7 Å². The topological polar surface area (TPSA) is 71.5 Å². The fraction of sp³-hybridized carbons (Fsp3) is 0.524. The molecule has 2 aliphatic heterocycles. The smallest absolute Gasteiger partial charge is 0.229 e. The van der Waals surface area contributed by atoms with Gasteiger partial charge in [0, 0.05) is 25.4 Å². The molecule has 29 heavy (non-hydrogen) atoms. The van der Waals surface area contributed by atoms with E-state index in [2.05, 4.69) is 25.5 Å². The maximum Gasteiger partial charge on any atom is 0.229 e. The predicted octanol–water partition coefficient (Wildman–Crippen LogP) is 3.94. The molecule has 0 saturated carbocycles. The summed E-state index contributed by atoms with van der Waals surface area (Å²) in [5.74, 6) is 1.97. The number of ether oxygens (including phenoxy) is 2. The van der Waals surface area contributed by atoms with Crippen molar-refractivity contribution in [3.8, 4) is 5.75 Å². The Labute approximate surface area is 176 Å². The lowest BCUT2D eigenvalue weighted by Crippen LogP contribution is -2.25. The summed E-state index contributed by atoms with van der Waals surface area (Å²) in [5.41, 5.74) is 0.893. The van der Waals surface area contributed by atoms with Crippen LogP contribution < -0.4 is 15.4 Å². The number of aromatic nitrogens is 2. The average molecular weight is 418 g/mol. The predicted molar refractivity (Wildman–Crippen MR) is 115 cm³/mol. The van der Waals surface area contributed by atoms with E-state index in [9.17, 15) is 0 Å². The molecule has 2 saturated heterocycles. The molecule has 2 N–H and O–H groups in total. The van der Waals surface area contributed by atoms with Crippen molar-refractivity contribution in [2.45, 2.75) is 31.8 Å². The van der Waals surface area contributed by atoms with Crippen molar-refractivity contribution < 1.29 is 9.47 Å². The van der Waals surface area contributed by atoms with E-state index in [-0.39, 0.29) is 6.10 Å². The highest BCUT2D eigenvalue weighted by Crippen LogP contribution is 2.23. The van der Waals surface area contributed by atoms with Gasteiger partial charge in [0.2, 0.25) is 5.95 Å². The van der Waals surface area contributed by atoms with E-state index < -0.39 is 0 Å². The van der Waals surface area contributed by atoms with E-state index in [0.717, 1.165) is 37.4 Å². The summed E-state index contributed by atoms with van der Waals surface area (Å²) in [4.78, 5) is 11.2. The van der Waals surface area contributed by atoms with Gasteiger partial charge in [0.15, 0.2) is 5.82 Å². The Hall–Kier alpha value is -2.09. The monoisotopic (exact) mass is 417 g/mol. The summed E-state index contributed by atoms with van der Waals surface area (Å²) in [7, 11) is 0. The normalized spacial score (nSPS) is 19.4. The van der Waals surface area contributed by atoms with Crippen LogP contribution >= 0.6 is 11.6 Å². The third-order valence-corrected chi connectivity index (χ3v) is 5.53. The van der Waals surface area contributed by atoms with E-state index in [4.69, 9.17) is 21.1 Å². The van der Waals surface area contributed by atoms with Crippen molar-refractivity contribution in [2.75, 3.05) is 50.0 Å². The first-order valence-electron chi connectivity index (χ1n) is 10.4. The number of rotatable bonds is 9. The minimum atomic E-state index is 0.218. The number of hydrogen-bond donors (Lipinski definition) is 2. The van der Waals surface area contributed by atoms with E-state index >= 15 is 0 Å². The van der Waals surface area contributed by atoms with Crippen molar-refractivity contribution in [3.05, 3.63) is 35.5 Å². The van der Waals surface area contributed by atoms with Crippen LogP contribution in [0.2, 0.25) is 5.02 Å². The van der Waals surface area contributed by atoms with Gasteiger partial charge in [-0.25, -0.2) is 4.98 Å². The van der Waals surface area contributed by atoms with Crippen molar-refractivity contribution in [1.82, 2.24) is 14.9 Å². The molecule has 0 aliphatic carbocycles. The third-order valence-electron chi connectivity index (χ3n) is 5.25. The van der Waals surface area contributed by atoms with Gasteiger partial charge in [-0.15, -0.1) is 0 Å². The number of likely N-dealkylation sites (tertiary alicyclic amines) is 1. The summed E-state index contributed by atoms with van der Waals surface area (Å²) < 4.78 is 11.5. The molecule has 156 valence electrons. The number of anilines is 3. The van der Waals surface area contributed by atoms with Crippen molar-refractivity contribution >= 4 is 29.1 Å². The second-order valence-corrected chi connectivity index (χ2v) is 7.86. The van der Waals surface area contributed by atoms with Crippen molar-refractivity contribution in [2.24, 2.45) is 0 Å². The first-order valence-corrected chi connectivity index (χ1v) is 10.7. The zero-order chi connectivity index (χ0) is 19.9. The summed E-state index contributed by atoms with van der Waals surface area (Å²) in [6.45, 7) is 5.61. The molecular formula is C21H28ClN5O2. The quantitative estimate of drug-likeness (QED) is 0.640. The van der Waals surface area contributed by atoms with Gasteiger partial charge in [0.05, 0.1) is 12.3 Å². The van der Waals surface area contributed by atoms with Crippen LogP contribution in [0, 0.1) is 0 Å². The van der Waals surface area contributed by atoms with Crippen LogP contribution in [-0.2, 0) is 4.74 Å². The first-order chi connectivity index (χ1) is 14.3. The largest absolute Gasteiger partial charge is 0.492 e. The number of hydrogen-bond acceptors (Lipinski definition) is 7. The van der Waals surface area contributed by atoms with Crippen LogP contribution in [0.4, 0.5) is 17.5 Å². The maximum atomic E-state index is 6.22. The van der Waals surface area contributed by atoms with Gasteiger partial charge < -0.3 is 20.1 Å². The molecule has 2 aromatic rings. The zero-order valence-electron chi connectivity index (χ0n) is 16.6.